The molecule has 0 aliphatic carbocycles. The van der Waals surface area contributed by atoms with E-state index in [4.69, 9.17) is 9.72 Å². The van der Waals surface area contributed by atoms with Crippen LogP contribution in [0.2, 0.25) is 0 Å². The molecule has 30 heavy (non-hydrogen) atoms. The first kappa shape index (κ1) is 24.1. The summed E-state index contributed by atoms with van der Waals surface area (Å²) in [4.78, 5) is 22.2. The maximum absolute atomic E-state index is 13.3. The van der Waals surface area contributed by atoms with Crippen molar-refractivity contribution in [2.24, 2.45) is 0 Å². The maximum atomic E-state index is 13.3. The number of aromatic nitrogens is 1. The van der Waals surface area contributed by atoms with Crippen LogP contribution in [0.5, 0.6) is 5.75 Å². The minimum atomic E-state index is 0. The average molecular weight is 448 g/mol. The highest BCUT2D eigenvalue weighted by Crippen LogP contribution is 2.31. The molecule has 1 amide bonds. The Kier molecular flexibility index (Phi) is 9.08. The zero-order valence-corrected chi connectivity index (χ0v) is 19.7. The number of methoxy groups -OCH3 is 1. The highest BCUT2D eigenvalue weighted by atomic mass is 35.5. The van der Waals surface area contributed by atoms with Crippen molar-refractivity contribution in [3.05, 3.63) is 53.6 Å². The number of benzene rings is 2. The number of aryl methyl sites for hydroxylation is 1. The zero-order valence-electron chi connectivity index (χ0n) is 18.1. The molecule has 0 atom stereocenters. The number of ether oxygens (including phenoxy) is 1. The summed E-state index contributed by atoms with van der Waals surface area (Å²) in [5, 5.41) is 0.748. The predicted molar refractivity (Wildman–Crippen MR) is 128 cm³/mol. The van der Waals surface area contributed by atoms with E-state index in [0.29, 0.717) is 13.0 Å². The van der Waals surface area contributed by atoms with E-state index < -0.39 is 0 Å². The number of nitrogens with zero attached hydrogens (tertiary/aromatic N) is 3. The Labute approximate surface area is 189 Å². The van der Waals surface area contributed by atoms with Crippen molar-refractivity contribution in [3.8, 4) is 5.75 Å². The van der Waals surface area contributed by atoms with Crippen LogP contribution in [0, 0.1) is 6.92 Å². The molecule has 0 bridgehead atoms. The Morgan fingerprint density at radius 3 is 2.53 bits per heavy atom. The molecule has 5 nitrogen and oxygen atoms in total. The van der Waals surface area contributed by atoms with Crippen LogP contribution in [-0.2, 0) is 11.2 Å². The van der Waals surface area contributed by atoms with Gasteiger partial charge < -0.3 is 9.64 Å². The molecule has 0 unspecified atom stereocenters. The average Bonchev–Trinajstić information content (AvgIpc) is 3.13. The smallest absolute Gasteiger partial charge is 0.233 e. The van der Waals surface area contributed by atoms with Gasteiger partial charge in [0.1, 0.15) is 5.75 Å². The molecular weight excluding hydrogens is 418 g/mol. The van der Waals surface area contributed by atoms with Gasteiger partial charge in [0.15, 0.2) is 5.13 Å². The summed E-state index contributed by atoms with van der Waals surface area (Å²) in [6, 6.07) is 14.0. The lowest BCUT2D eigenvalue weighted by Gasteiger charge is -2.24. The molecule has 0 fully saturated rings. The van der Waals surface area contributed by atoms with Gasteiger partial charge in [-0.3, -0.25) is 9.69 Å². The van der Waals surface area contributed by atoms with Crippen LogP contribution < -0.4 is 9.64 Å². The van der Waals surface area contributed by atoms with E-state index >= 15 is 0 Å². The summed E-state index contributed by atoms with van der Waals surface area (Å²) in [5.41, 5.74) is 3.09. The Morgan fingerprint density at radius 1 is 1.10 bits per heavy atom. The number of carbonyl (C=O) groups is 1. The number of likely N-dealkylation sites (N-methyl/N-ethyl adjacent to an activating group) is 1. The van der Waals surface area contributed by atoms with Gasteiger partial charge >= 0.3 is 0 Å². The van der Waals surface area contributed by atoms with Crippen molar-refractivity contribution in [2.45, 2.75) is 27.2 Å². The molecule has 0 saturated carbocycles. The second kappa shape index (κ2) is 11.3. The minimum Gasteiger partial charge on any atom is -0.497 e. The molecule has 7 heteroatoms. The largest absolute Gasteiger partial charge is 0.497 e. The first-order valence-corrected chi connectivity index (χ1v) is 10.9. The topological polar surface area (TPSA) is 45.7 Å². The lowest BCUT2D eigenvalue weighted by Crippen LogP contribution is -2.39. The lowest BCUT2D eigenvalue weighted by molar-refractivity contribution is -0.118. The molecule has 162 valence electrons. The van der Waals surface area contributed by atoms with E-state index in [9.17, 15) is 4.79 Å². The van der Waals surface area contributed by atoms with Gasteiger partial charge in [-0.05, 0) is 43.8 Å². The fourth-order valence-corrected chi connectivity index (χ4v) is 4.37. The van der Waals surface area contributed by atoms with Crippen molar-refractivity contribution in [1.82, 2.24) is 9.88 Å². The van der Waals surface area contributed by atoms with E-state index in [-0.39, 0.29) is 18.3 Å². The number of hydrogen-bond donors (Lipinski definition) is 0. The monoisotopic (exact) mass is 447 g/mol. The second-order valence-corrected chi connectivity index (χ2v) is 8.08. The Bertz CT molecular complexity index is 972. The summed E-state index contributed by atoms with van der Waals surface area (Å²) in [7, 11) is 1.66. The highest BCUT2D eigenvalue weighted by Gasteiger charge is 2.21. The second-order valence-electron chi connectivity index (χ2n) is 7.07. The third-order valence-electron chi connectivity index (χ3n) is 5.09. The molecular formula is C23H30ClN3O2S. The standard InChI is InChI=1S/C23H29N3O2S.ClH/c1-5-25(6-2)12-13-26(22(27)15-18-9-7-8-17(3)14-18)23-24-20-11-10-19(28-4)16-21(20)29-23;/h7-11,14,16H,5-6,12-13,15H2,1-4H3;1H. The van der Waals surface area contributed by atoms with E-state index in [0.717, 1.165) is 51.9 Å². The molecule has 1 aromatic heterocycles. The lowest BCUT2D eigenvalue weighted by atomic mass is 10.1. The van der Waals surface area contributed by atoms with E-state index in [1.54, 1.807) is 7.11 Å². The summed E-state index contributed by atoms with van der Waals surface area (Å²) >= 11 is 1.54. The third-order valence-corrected chi connectivity index (χ3v) is 6.13. The van der Waals surface area contributed by atoms with Gasteiger partial charge in [0.25, 0.3) is 0 Å². The molecule has 3 aromatic rings. The Hall–Kier alpha value is -2.15. The number of halogens is 1. The zero-order chi connectivity index (χ0) is 20.8. The van der Waals surface area contributed by atoms with Gasteiger partial charge in [-0.2, -0.15) is 0 Å². The van der Waals surface area contributed by atoms with Crippen molar-refractivity contribution in [2.75, 3.05) is 38.2 Å². The van der Waals surface area contributed by atoms with Crippen LogP contribution in [-0.4, -0.2) is 49.1 Å². The number of anilines is 1. The third kappa shape index (κ3) is 5.94. The number of thiazole rings is 1. The molecule has 0 saturated heterocycles. The van der Waals surface area contributed by atoms with E-state index in [2.05, 4.69) is 24.8 Å². The van der Waals surface area contributed by atoms with Crippen LogP contribution in [0.4, 0.5) is 5.13 Å². The number of fused-ring (bicyclic) bond motifs is 1. The van der Waals surface area contributed by atoms with E-state index in [1.807, 2.05) is 48.2 Å². The number of rotatable bonds is 9. The predicted octanol–water partition coefficient (Wildman–Crippen LogP) is 4.95. The highest BCUT2D eigenvalue weighted by molar-refractivity contribution is 7.22. The molecule has 0 radical (unpaired) electrons. The summed E-state index contributed by atoms with van der Waals surface area (Å²) < 4.78 is 6.35. The normalized spacial score (nSPS) is 10.8. The summed E-state index contributed by atoms with van der Waals surface area (Å²) in [5.74, 6) is 0.877. The molecule has 2 aromatic carbocycles. The summed E-state index contributed by atoms with van der Waals surface area (Å²) in [6.07, 6.45) is 0.374. The molecule has 1 heterocycles. The van der Waals surface area contributed by atoms with Crippen molar-refractivity contribution in [1.29, 1.82) is 0 Å². The van der Waals surface area contributed by atoms with Gasteiger partial charge in [-0.15, -0.1) is 12.4 Å². The molecule has 0 N–H and O–H groups in total. The van der Waals surface area contributed by atoms with Gasteiger partial charge in [-0.1, -0.05) is 55.0 Å². The number of hydrogen-bond acceptors (Lipinski definition) is 5. The van der Waals surface area contributed by atoms with Crippen LogP contribution in [0.25, 0.3) is 10.2 Å². The minimum absolute atomic E-state index is 0. The fraction of sp³-hybridized carbons (Fsp3) is 0.391. The van der Waals surface area contributed by atoms with Gasteiger partial charge in [-0.25, -0.2) is 4.98 Å². The van der Waals surface area contributed by atoms with E-state index in [1.165, 1.54) is 11.3 Å². The van der Waals surface area contributed by atoms with Crippen LogP contribution in [0.3, 0.4) is 0 Å². The van der Waals surface area contributed by atoms with Crippen molar-refractivity contribution < 1.29 is 9.53 Å². The first-order valence-electron chi connectivity index (χ1n) is 10.1. The van der Waals surface area contributed by atoms with Crippen molar-refractivity contribution >= 4 is 45.0 Å². The number of amides is 1. The Balaban J connectivity index is 0.00000320. The number of carbonyl (C=O) groups excluding carboxylic acids is 1. The SMILES string of the molecule is CCN(CC)CCN(C(=O)Cc1cccc(C)c1)c1nc2ccc(OC)cc2s1.Cl. The first-order chi connectivity index (χ1) is 14.0. The van der Waals surface area contributed by atoms with Gasteiger partial charge in [0.05, 0.1) is 23.7 Å². The quantitative estimate of drug-likeness (QED) is 0.465. The van der Waals surface area contributed by atoms with Crippen LogP contribution in [0.15, 0.2) is 42.5 Å². The maximum Gasteiger partial charge on any atom is 0.233 e. The fourth-order valence-electron chi connectivity index (χ4n) is 3.34. The summed E-state index contributed by atoms with van der Waals surface area (Å²) in [6.45, 7) is 9.72. The van der Waals surface area contributed by atoms with Crippen molar-refractivity contribution in [3.63, 3.8) is 0 Å². The molecule has 3 rings (SSSR count). The van der Waals surface area contributed by atoms with Gasteiger partial charge in [0.2, 0.25) is 5.91 Å². The molecule has 0 aliphatic rings. The Morgan fingerprint density at radius 2 is 1.87 bits per heavy atom. The molecule has 0 spiro atoms. The molecule has 0 aliphatic heterocycles. The van der Waals surface area contributed by atoms with Crippen LogP contribution in [0.1, 0.15) is 25.0 Å². The van der Waals surface area contributed by atoms with Gasteiger partial charge in [0, 0.05) is 13.1 Å². The van der Waals surface area contributed by atoms with Crippen LogP contribution >= 0.6 is 23.7 Å².